The van der Waals surface area contributed by atoms with E-state index in [-0.39, 0.29) is 11.8 Å². The van der Waals surface area contributed by atoms with Gasteiger partial charge < -0.3 is 24.6 Å². The molecular formula is C25H24F3N7O2. The summed E-state index contributed by atoms with van der Waals surface area (Å²) in [5.74, 6) is 1.76. The number of rotatable bonds is 6. The van der Waals surface area contributed by atoms with Crippen molar-refractivity contribution in [2.75, 3.05) is 55.5 Å². The number of fused-ring (bicyclic) bond motifs is 1. The van der Waals surface area contributed by atoms with Crippen LogP contribution in [-0.2, 0) is 6.18 Å². The number of ether oxygens (including phenoxy) is 2. The van der Waals surface area contributed by atoms with Crippen LogP contribution in [0.2, 0.25) is 0 Å². The number of aromatic nitrogens is 4. The van der Waals surface area contributed by atoms with Gasteiger partial charge in [-0.2, -0.15) is 18.2 Å². The van der Waals surface area contributed by atoms with E-state index in [9.17, 15) is 13.2 Å². The Morgan fingerprint density at radius 1 is 0.838 bits per heavy atom. The topological polar surface area (TPSA) is 88.5 Å². The standard InChI is InChI=1S/C25H24F3N7O2/c1-36-17-11-16(12-18(13-17)37-2)31-24-32-21(25(26,27)28)14-22(33-24)34-7-9-35(10-8-34)23-19-5-3-4-6-20(19)29-15-30-23/h3-6,11-15H,7-10H2,1-2H3,(H,31,32,33). The molecule has 1 aliphatic rings. The Morgan fingerprint density at radius 3 is 2.19 bits per heavy atom. The molecule has 0 bridgehead atoms. The van der Waals surface area contributed by atoms with Crippen molar-refractivity contribution >= 4 is 34.2 Å². The maximum absolute atomic E-state index is 13.7. The average molecular weight is 512 g/mol. The zero-order valence-corrected chi connectivity index (χ0v) is 20.2. The third-order valence-electron chi connectivity index (χ3n) is 6.04. The lowest BCUT2D eigenvalue weighted by Crippen LogP contribution is -2.47. The van der Waals surface area contributed by atoms with Crippen molar-refractivity contribution in [3.05, 3.63) is 60.6 Å². The normalized spacial score (nSPS) is 14.1. The third-order valence-corrected chi connectivity index (χ3v) is 6.04. The van der Waals surface area contributed by atoms with Gasteiger partial charge in [0, 0.05) is 61.5 Å². The van der Waals surface area contributed by atoms with E-state index in [2.05, 4.69) is 30.2 Å². The first-order valence-corrected chi connectivity index (χ1v) is 11.5. The van der Waals surface area contributed by atoms with Crippen molar-refractivity contribution in [2.45, 2.75) is 6.18 Å². The molecule has 2 aromatic heterocycles. The Kier molecular flexibility index (Phi) is 6.55. The molecule has 37 heavy (non-hydrogen) atoms. The number of hydrogen-bond donors (Lipinski definition) is 1. The molecule has 0 radical (unpaired) electrons. The van der Waals surface area contributed by atoms with E-state index >= 15 is 0 Å². The quantitative estimate of drug-likeness (QED) is 0.401. The molecule has 192 valence electrons. The second-order valence-corrected chi connectivity index (χ2v) is 8.35. The highest BCUT2D eigenvalue weighted by atomic mass is 19.4. The van der Waals surface area contributed by atoms with E-state index in [1.54, 1.807) is 18.2 Å². The van der Waals surface area contributed by atoms with E-state index < -0.39 is 11.9 Å². The van der Waals surface area contributed by atoms with Gasteiger partial charge in [0.25, 0.3) is 0 Å². The number of nitrogens with zero attached hydrogens (tertiary/aromatic N) is 6. The number of hydrogen-bond acceptors (Lipinski definition) is 9. The highest BCUT2D eigenvalue weighted by Crippen LogP contribution is 2.33. The van der Waals surface area contributed by atoms with Crippen LogP contribution in [0.4, 0.5) is 36.4 Å². The van der Waals surface area contributed by atoms with Gasteiger partial charge >= 0.3 is 6.18 Å². The van der Waals surface area contributed by atoms with Crippen LogP contribution < -0.4 is 24.6 Å². The van der Waals surface area contributed by atoms with E-state index in [0.717, 1.165) is 22.8 Å². The van der Waals surface area contributed by atoms with Gasteiger partial charge in [0.15, 0.2) is 5.69 Å². The first-order valence-electron chi connectivity index (χ1n) is 11.5. The lowest BCUT2D eigenvalue weighted by molar-refractivity contribution is -0.141. The number of anilines is 4. The lowest BCUT2D eigenvalue weighted by Gasteiger charge is -2.36. The van der Waals surface area contributed by atoms with Gasteiger partial charge in [-0.3, -0.25) is 0 Å². The molecule has 1 fully saturated rings. The second kappa shape index (κ2) is 9.96. The predicted molar refractivity (Wildman–Crippen MR) is 134 cm³/mol. The van der Waals surface area contributed by atoms with Crippen molar-refractivity contribution in [3.8, 4) is 11.5 Å². The molecule has 0 unspecified atom stereocenters. The minimum absolute atomic E-state index is 0.177. The van der Waals surface area contributed by atoms with Crippen molar-refractivity contribution in [1.82, 2.24) is 19.9 Å². The first-order chi connectivity index (χ1) is 17.8. The number of benzene rings is 2. The molecule has 2 aromatic carbocycles. The van der Waals surface area contributed by atoms with Crippen molar-refractivity contribution < 1.29 is 22.6 Å². The summed E-state index contributed by atoms with van der Waals surface area (Å²) in [6.07, 6.45) is -3.11. The van der Waals surface area contributed by atoms with E-state index in [1.165, 1.54) is 20.5 Å². The summed E-state index contributed by atoms with van der Waals surface area (Å²) < 4.78 is 51.7. The first kappa shape index (κ1) is 24.3. The maximum Gasteiger partial charge on any atom is 0.433 e. The summed E-state index contributed by atoms with van der Waals surface area (Å²) in [6, 6.07) is 13.6. The van der Waals surface area contributed by atoms with Crippen LogP contribution in [0.25, 0.3) is 10.9 Å². The highest BCUT2D eigenvalue weighted by molar-refractivity contribution is 5.89. The zero-order chi connectivity index (χ0) is 26.0. The van der Waals surface area contributed by atoms with Crippen LogP contribution >= 0.6 is 0 Å². The largest absolute Gasteiger partial charge is 0.497 e. The third kappa shape index (κ3) is 5.27. The van der Waals surface area contributed by atoms with E-state index in [1.807, 2.05) is 29.2 Å². The Hall–Kier alpha value is -4.35. The molecule has 0 spiro atoms. The predicted octanol–water partition coefficient (Wildman–Crippen LogP) is 4.53. The molecule has 0 saturated carbocycles. The number of methoxy groups -OCH3 is 2. The van der Waals surface area contributed by atoms with Gasteiger partial charge in [-0.05, 0) is 12.1 Å². The van der Waals surface area contributed by atoms with E-state index in [4.69, 9.17) is 9.47 Å². The number of halogens is 3. The monoisotopic (exact) mass is 511 g/mol. The van der Waals surface area contributed by atoms with Crippen LogP contribution in [0.5, 0.6) is 11.5 Å². The van der Waals surface area contributed by atoms with Gasteiger partial charge in [0.05, 0.1) is 19.7 Å². The molecule has 0 atom stereocenters. The smallest absolute Gasteiger partial charge is 0.433 e. The van der Waals surface area contributed by atoms with Gasteiger partial charge in [-0.25, -0.2) is 15.0 Å². The average Bonchev–Trinajstić information content (AvgIpc) is 2.92. The molecule has 0 aliphatic carbocycles. The molecule has 9 nitrogen and oxygen atoms in total. The van der Waals surface area contributed by atoms with Crippen LogP contribution in [0.1, 0.15) is 5.69 Å². The SMILES string of the molecule is COc1cc(Nc2nc(N3CCN(c4ncnc5ccccc45)CC3)cc(C(F)(F)F)n2)cc(OC)c1. The fourth-order valence-electron chi connectivity index (χ4n) is 4.20. The minimum atomic E-state index is -4.64. The molecule has 1 saturated heterocycles. The van der Waals surface area contributed by atoms with Gasteiger partial charge in [0.1, 0.15) is 29.5 Å². The van der Waals surface area contributed by atoms with Crippen LogP contribution in [0, 0.1) is 0 Å². The summed E-state index contributed by atoms with van der Waals surface area (Å²) >= 11 is 0. The van der Waals surface area contributed by atoms with Crippen molar-refractivity contribution in [2.24, 2.45) is 0 Å². The Bertz CT molecular complexity index is 1380. The minimum Gasteiger partial charge on any atom is -0.497 e. The molecule has 5 rings (SSSR count). The number of para-hydroxylation sites is 1. The van der Waals surface area contributed by atoms with Crippen molar-refractivity contribution in [3.63, 3.8) is 0 Å². The fourth-order valence-corrected chi connectivity index (χ4v) is 4.20. The van der Waals surface area contributed by atoms with Gasteiger partial charge in [-0.15, -0.1) is 0 Å². The molecule has 3 heterocycles. The lowest BCUT2D eigenvalue weighted by atomic mass is 10.2. The molecule has 1 aliphatic heterocycles. The number of nitrogens with one attached hydrogen (secondary N) is 1. The summed E-state index contributed by atoms with van der Waals surface area (Å²) in [4.78, 5) is 20.8. The van der Waals surface area contributed by atoms with Crippen LogP contribution in [0.3, 0.4) is 0 Å². The Balaban J connectivity index is 1.40. The summed E-state index contributed by atoms with van der Waals surface area (Å²) in [5.41, 5.74) is 0.242. The maximum atomic E-state index is 13.7. The van der Waals surface area contributed by atoms with Crippen LogP contribution in [0.15, 0.2) is 54.9 Å². The molecule has 1 N–H and O–H groups in total. The number of alkyl halides is 3. The van der Waals surface area contributed by atoms with Gasteiger partial charge in [0.2, 0.25) is 5.95 Å². The van der Waals surface area contributed by atoms with Crippen LogP contribution in [-0.4, -0.2) is 60.3 Å². The van der Waals surface area contributed by atoms with Gasteiger partial charge in [-0.1, -0.05) is 12.1 Å². The molecule has 12 heteroatoms. The summed E-state index contributed by atoms with van der Waals surface area (Å²) in [5, 5.41) is 3.79. The van der Waals surface area contributed by atoms with Crippen molar-refractivity contribution in [1.29, 1.82) is 0 Å². The second-order valence-electron chi connectivity index (χ2n) is 8.35. The fraction of sp³-hybridized carbons (Fsp3) is 0.280. The van der Waals surface area contributed by atoms with E-state index in [0.29, 0.717) is 43.4 Å². The Morgan fingerprint density at radius 2 is 1.51 bits per heavy atom. The summed E-state index contributed by atoms with van der Waals surface area (Å²) in [6.45, 7) is 2.03. The molecule has 0 amide bonds. The molecular weight excluding hydrogens is 487 g/mol. The Labute approximate surface area is 210 Å². The summed E-state index contributed by atoms with van der Waals surface area (Å²) in [7, 11) is 2.97. The zero-order valence-electron chi connectivity index (χ0n) is 20.2. The number of piperazine rings is 1. The molecule has 4 aromatic rings. The highest BCUT2D eigenvalue weighted by Gasteiger charge is 2.35.